The smallest absolute Gasteiger partial charge is 0.0644 e. The molecule has 0 aliphatic heterocycles. The number of rotatable bonds is 2. The Hall–Kier alpha value is -1.31. The van der Waals surface area contributed by atoms with Gasteiger partial charge in [-0.3, -0.25) is 5.43 Å². The molecule has 1 N–H and O–H groups in total. The Morgan fingerprint density at radius 1 is 1.64 bits per heavy atom. The standard InChI is InChI=1S/C9H12N2/c1-3-10-11-9-6-4-8(2)5-7-9/h3-6,10H,1,7H2,2H3/b11-9-. The molecule has 58 valence electrons. The Labute approximate surface area is 67.0 Å². The van der Waals surface area contributed by atoms with Gasteiger partial charge in [0, 0.05) is 12.6 Å². The zero-order chi connectivity index (χ0) is 8.10. The van der Waals surface area contributed by atoms with E-state index in [1.807, 2.05) is 12.2 Å². The molecule has 1 aliphatic rings. The maximum atomic E-state index is 4.05. The van der Waals surface area contributed by atoms with Crippen molar-refractivity contribution in [1.82, 2.24) is 5.43 Å². The number of hydrogen-bond donors (Lipinski definition) is 1. The van der Waals surface area contributed by atoms with E-state index in [4.69, 9.17) is 0 Å². The van der Waals surface area contributed by atoms with Crippen LogP contribution in [0.1, 0.15) is 13.3 Å². The van der Waals surface area contributed by atoms with Crippen LogP contribution in [0.15, 0.2) is 41.7 Å². The Bertz CT molecular complexity index is 234. The predicted octanol–water partition coefficient (Wildman–Crippen LogP) is 1.98. The highest BCUT2D eigenvalue weighted by molar-refractivity contribution is 5.97. The van der Waals surface area contributed by atoms with Crippen molar-refractivity contribution in [3.63, 3.8) is 0 Å². The SMILES string of the molecule is C=CN/N=C1/C=CC(C)=CC1. The molecule has 0 aromatic heterocycles. The van der Waals surface area contributed by atoms with Crippen LogP contribution in [0, 0.1) is 0 Å². The summed E-state index contributed by atoms with van der Waals surface area (Å²) in [4.78, 5) is 0. The third-order valence-electron chi connectivity index (χ3n) is 1.47. The summed E-state index contributed by atoms with van der Waals surface area (Å²) in [5.41, 5.74) is 5.04. The zero-order valence-electron chi connectivity index (χ0n) is 6.67. The van der Waals surface area contributed by atoms with Crippen molar-refractivity contribution in [2.45, 2.75) is 13.3 Å². The van der Waals surface area contributed by atoms with Crippen LogP contribution in [0.2, 0.25) is 0 Å². The van der Waals surface area contributed by atoms with Gasteiger partial charge in [-0.2, -0.15) is 5.10 Å². The average Bonchev–Trinajstić information content (AvgIpc) is 2.04. The van der Waals surface area contributed by atoms with Crippen LogP contribution in [-0.2, 0) is 0 Å². The van der Waals surface area contributed by atoms with Gasteiger partial charge in [0.1, 0.15) is 0 Å². The summed E-state index contributed by atoms with van der Waals surface area (Å²) in [6, 6.07) is 0. The lowest BCUT2D eigenvalue weighted by molar-refractivity contribution is 0.964. The molecule has 0 spiro atoms. The Morgan fingerprint density at radius 3 is 3.00 bits per heavy atom. The highest BCUT2D eigenvalue weighted by Crippen LogP contribution is 2.06. The van der Waals surface area contributed by atoms with Gasteiger partial charge in [-0.15, -0.1) is 0 Å². The highest BCUT2D eigenvalue weighted by atomic mass is 15.3. The first-order chi connectivity index (χ1) is 5.33. The molecular weight excluding hydrogens is 136 g/mol. The van der Waals surface area contributed by atoms with Crippen LogP contribution >= 0.6 is 0 Å². The predicted molar refractivity (Wildman–Crippen MR) is 48.3 cm³/mol. The van der Waals surface area contributed by atoms with E-state index in [0.29, 0.717) is 0 Å². The van der Waals surface area contributed by atoms with Gasteiger partial charge in [0.25, 0.3) is 0 Å². The van der Waals surface area contributed by atoms with Crippen LogP contribution < -0.4 is 5.43 Å². The lowest BCUT2D eigenvalue weighted by Gasteiger charge is -2.03. The summed E-state index contributed by atoms with van der Waals surface area (Å²) in [5.74, 6) is 0. The second-order valence-corrected chi connectivity index (χ2v) is 2.42. The highest BCUT2D eigenvalue weighted by Gasteiger charge is 1.96. The largest absolute Gasteiger partial charge is 0.286 e. The summed E-state index contributed by atoms with van der Waals surface area (Å²) in [6.07, 6.45) is 8.66. The van der Waals surface area contributed by atoms with E-state index in [1.54, 1.807) is 6.20 Å². The van der Waals surface area contributed by atoms with E-state index in [9.17, 15) is 0 Å². The lowest BCUT2D eigenvalue weighted by atomic mass is 10.1. The van der Waals surface area contributed by atoms with Gasteiger partial charge >= 0.3 is 0 Å². The van der Waals surface area contributed by atoms with E-state index in [0.717, 1.165) is 12.1 Å². The lowest BCUT2D eigenvalue weighted by Crippen LogP contribution is -2.03. The molecule has 1 rings (SSSR count). The van der Waals surface area contributed by atoms with Crippen LogP contribution in [0.5, 0.6) is 0 Å². The third-order valence-corrected chi connectivity index (χ3v) is 1.47. The number of allylic oxidation sites excluding steroid dienone is 4. The molecule has 1 aliphatic carbocycles. The molecule has 2 nitrogen and oxygen atoms in total. The topological polar surface area (TPSA) is 24.4 Å². The van der Waals surface area contributed by atoms with Crippen LogP contribution in [0.4, 0.5) is 0 Å². The van der Waals surface area contributed by atoms with E-state index in [2.05, 4.69) is 30.1 Å². The quantitative estimate of drug-likeness (QED) is 0.595. The molecule has 0 bridgehead atoms. The fourth-order valence-electron chi connectivity index (χ4n) is 0.841. The molecule has 0 radical (unpaired) electrons. The molecule has 0 aromatic rings. The van der Waals surface area contributed by atoms with E-state index < -0.39 is 0 Å². The minimum Gasteiger partial charge on any atom is -0.286 e. The first-order valence-corrected chi connectivity index (χ1v) is 3.61. The van der Waals surface area contributed by atoms with Gasteiger partial charge in [-0.05, 0) is 13.0 Å². The summed E-state index contributed by atoms with van der Waals surface area (Å²) in [7, 11) is 0. The van der Waals surface area contributed by atoms with Crippen molar-refractivity contribution in [3.8, 4) is 0 Å². The van der Waals surface area contributed by atoms with Crippen LogP contribution in [0.25, 0.3) is 0 Å². The van der Waals surface area contributed by atoms with Crippen molar-refractivity contribution in [2.24, 2.45) is 5.10 Å². The minimum absolute atomic E-state index is 0.906. The molecule has 0 amide bonds. The second-order valence-electron chi connectivity index (χ2n) is 2.42. The van der Waals surface area contributed by atoms with Gasteiger partial charge in [0.2, 0.25) is 0 Å². The van der Waals surface area contributed by atoms with Crippen molar-refractivity contribution >= 4 is 5.71 Å². The molecule has 11 heavy (non-hydrogen) atoms. The monoisotopic (exact) mass is 148 g/mol. The molecule has 0 atom stereocenters. The van der Waals surface area contributed by atoms with Crippen molar-refractivity contribution in [1.29, 1.82) is 0 Å². The molecule has 0 fully saturated rings. The number of nitrogens with one attached hydrogen (secondary N) is 1. The molecule has 0 aromatic carbocycles. The number of hydrogen-bond acceptors (Lipinski definition) is 2. The van der Waals surface area contributed by atoms with Gasteiger partial charge in [0.05, 0.1) is 5.71 Å². The number of nitrogens with zero attached hydrogens (tertiary/aromatic N) is 1. The Kier molecular flexibility index (Phi) is 2.66. The van der Waals surface area contributed by atoms with Gasteiger partial charge in [-0.1, -0.05) is 24.3 Å². The molecule has 0 saturated carbocycles. The maximum Gasteiger partial charge on any atom is 0.0644 e. The first-order valence-electron chi connectivity index (χ1n) is 3.61. The minimum atomic E-state index is 0.906. The maximum absolute atomic E-state index is 4.05. The fourth-order valence-corrected chi connectivity index (χ4v) is 0.841. The molecular formula is C9H12N2. The molecule has 0 unspecified atom stereocenters. The Morgan fingerprint density at radius 2 is 2.45 bits per heavy atom. The molecule has 0 saturated heterocycles. The third kappa shape index (κ3) is 2.42. The van der Waals surface area contributed by atoms with E-state index in [-0.39, 0.29) is 0 Å². The normalized spacial score (nSPS) is 19.7. The van der Waals surface area contributed by atoms with Crippen molar-refractivity contribution in [2.75, 3.05) is 0 Å². The van der Waals surface area contributed by atoms with Crippen LogP contribution in [0.3, 0.4) is 0 Å². The summed E-state index contributed by atoms with van der Waals surface area (Å²) >= 11 is 0. The summed E-state index contributed by atoms with van der Waals surface area (Å²) in [6.45, 7) is 5.58. The average molecular weight is 148 g/mol. The zero-order valence-corrected chi connectivity index (χ0v) is 6.67. The fraction of sp³-hybridized carbons (Fsp3) is 0.222. The molecule has 2 heteroatoms. The van der Waals surface area contributed by atoms with Crippen molar-refractivity contribution in [3.05, 3.63) is 36.6 Å². The van der Waals surface area contributed by atoms with Gasteiger partial charge in [-0.25, -0.2) is 0 Å². The first kappa shape index (κ1) is 7.79. The Balaban J connectivity index is 2.54. The second kappa shape index (κ2) is 3.76. The number of hydrazone groups is 1. The van der Waals surface area contributed by atoms with Crippen molar-refractivity contribution < 1.29 is 0 Å². The summed E-state index contributed by atoms with van der Waals surface area (Å²) in [5, 5.41) is 4.05. The van der Waals surface area contributed by atoms with E-state index in [1.165, 1.54) is 5.57 Å². The van der Waals surface area contributed by atoms with Crippen LogP contribution in [-0.4, -0.2) is 5.71 Å². The molecule has 0 heterocycles. The summed E-state index contributed by atoms with van der Waals surface area (Å²) < 4.78 is 0. The van der Waals surface area contributed by atoms with E-state index >= 15 is 0 Å². The van der Waals surface area contributed by atoms with Gasteiger partial charge < -0.3 is 0 Å². The van der Waals surface area contributed by atoms with Gasteiger partial charge in [0.15, 0.2) is 0 Å².